The SMILES string of the molecule is CCCCn1c(SCC(=O)Nc2cc(C(F)(F)F)cc(C(F)(F)F)c2)nnc1[C@H](CC)N(C)C. The third kappa shape index (κ3) is 7.36. The van der Waals surface area contributed by atoms with Crippen LogP contribution >= 0.6 is 11.8 Å². The topological polar surface area (TPSA) is 63.1 Å². The van der Waals surface area contributed by atoms with Gasteiger partial charge in [-0.3, -0.25) is 9.69 Å². The lowest BCUT2D eigenvalue weighted by atomic mass is 10.1. The third-order valence-corrected chi connectivity index (χ3v) is 5.96. The van der Waals surface area contributed by atoms with Gasteiger partial charge in [-0.1, -0.05) is 32.0 Å². The number of aromatic nitrogens is 3. The Morgan fingerprint density at radius 2 is 1.65 bits per heavy atom. The molecule has 0 saturated heterocycles. The molecule has 1 atom stereocenters. The number of rotatable bonds is 10. The predicted octanol–water partition coefficient (Wildman–Crippen LogP) is 5.86. The van der Waals surface area contributed by atoms with E-state index in [1.54, 1.807) is 0 Å². The van der Waals surface area contributed by atoms with E-state index in [4.69, 9.17) is 0 Å². The van der Waals surface area contributed by atoms with Crippen molar-refractivity contribution in [2.45, 2.75) is 63.2 Å². The normalized spacial score (nSPS) is 13.4. The fourth-order valence-corrected chi connectivity index (χ4v) is 4.08. The molecule has 0 bridgehead atoms. The van der Waals surface area contributed by atoms with Crippen LogP contribution in [0.25, 0.3) is 0 Å². The van der Waals surface area contributed by atoms with Crippen LogP contribution in [-0.4, -0.2) is 45.4 Å². The van der Waals surface area contributed by atoms with Gasteiger partial charge in [0.2, 0.25) is 5.91 Å². The first kappa shape index (κ1) is 28.0. The number of halogens is 6. The molecule has 1 heterocycles. The van der Waals surface area contributed by atoms with E-state index in [2.05, 4.69) is 15.5 Å². The third-order valence-electron chi connectivity index (χ3n) is 4.99. The molecule has 190 valence electrons. The van der Waals surface area contributed by atoms with E-state index in [9.17, 15) is 31.1 Å². The molecule has 0 saturated carbocycles. The van der Waals surface area contributed by atoms with E-state index < -0.39 is 35.1 Å². The Morgan fingerprint density at radius 1 is 1.06 bits per heavy atom. The zero-order chi connectivity index (χ0) is 25.7. The predicted molar refractivity (Wildman–Crippen MR) is 117 cm³/mol. The van der Waals surface area contributed by atoms with Gasteiger partial charge in [0.25, 0.3) is 0 Å². The van der Waals surface area contributed by atoms with Crippen molar-refractivity contribution in [3.05, 3.63) is 35.2 Å². The average Bonchev–Trinajstić information content (AvgIpc) is 3.11. The van der Waals surface area contributed by atoms with E-state index in [1.165, 1.54) is 0 Å². The average molecular weight is 512 g/mol. The summed E-state index contributed by atoms with van der Waals surface area (Å²) in [6.07, 6.45) is -7.45. The van der Waals surface area contributed by atoms with Crippen LogP contribution in [0.3, 0.4) is 0 Å². The van der Waals surface area contributed by atoms with Gasteiger partial charge in [0.05, 0.1) is 22.9 Å². The van der Waals surface area contributed by atoms with Gasteiger partial charge in [-0.2, -0.15) is 26.3 Å². The number of anilines is 1. The first-order valence-corrected chi connectivity index (χ1v) is 11.6. The zero-order valence-electron chi connectivity index (χ0n) is 19.2. The second-order valence-corrected chi connectivity index (χ2v) is 8.81. The Morgan fingerprint density at radius 3 is 2.12 bits per heavy atom. The number of carbonyl (C=O) groups is 1. The van der Waals surface area contributed by atoms with E-state index in [0.29, 0.717) is 23.8 Å². The molecule has 0 fully saturated rings. The van der Waals surface area contributed by atoms with Gasteiger partial charge in [-0.05, 0) is 45.1 Å². The number of thioether (sulfide) groups is 1. The lowest BCUT2D eigenvalue weighted by Gasteiger charge is -2.23. The molecule has 2 rings (SSSR count). The summed E-state index contributed by atoms with van der Waals surface area (Å²) in [6.45, 7) is 4.65. The molecule has 6 nitrogen and oxygen atoms in total. The maximum Gasteiger partial charge on any atom is 0.416 e. The molecule has 1 aromatic heterocycles. The highest BCUT2D eigenvalue weighted by atomic mass is 32.2. The summed E-state index contributed by atoms with van der Waals surface area (Å²) in [5, 5.41) is 11.0. The number of benzene rings is 1. The number of nitrogens with zero attached hydrogens (tertiary/aromatic N) is 4. The minimum Gasteiger partial charge on any atom is -0.325 e. The Balaban J connectivity index is 2.21. The summed E-state index contributed by atoms with van der Waals surface area (Å²) < 4.78 is 80.1. The van der Waals surface area contributed by atoms with Crippen molar-refractivity contribution in [2.24, 2.45) is 0 Å². The van der Waals surface area contributed by atoms with Gasteiger partial charge >= 0.3 is 12.4 Å². The van der Waals surface area contributed by atoms with E-state index >= 15 is 0 Å². The number of unbranched alkanes of at least 4 members (excludes halogenated alkanes) is 1. The summed E-state index contributed by atoms with van der Waals surface area (Å²) in [4.78, 5) is 14.4. The molecule has 0 aliphatic rings. The van der Waals surface area contributed by atoms with Crippen molar-refractivity contribution in [3.8, 4) is 0 Å². The molecule has 13 heteroatoms. The second kappa shape index (κ2) is 11.4. The van der Waals surface area contributed by atoms with Crippen LogP contribution in [0.2, 0.25) is 0 Å². The van der Waals surface area contributed by atoms with Crippen LogP contribution in [0.4, 0.5) is 32.0 Å². The first-order valence-electron chi connectivity index (χ1n) is 10.6. The first-order chi connectivity index (χ1) is 15.8. The largest absolute Gasteiger partial charge is 0.416 e. The number of amides is 1. The van der Waals surface area contributed by atoms with Crippen molar-refractivity contribution >= 4 is 23.4 Å². The molecule has 0 spiro atoms. The maximum absolute atomic E-state index is 13.0. The van der Waals surface area contributed by atoms with Crippen LogP contribution in [0.5, 0.6) is 0 Å². The molecular weight excluding hydrogens is 484 g/mol. The highest BCUT2D eigenvalue weighted by molar-refractivity contribution is 7.99. The number of hydrogen-bond acceptors (Lipinski definition) is 5. The summed E-state index contributed by atoms with van der Waals surface area (Å²) in [5.74, 6) is -0.291. The quantitative estimate of drug-likeness (QED) is 0.320. The molecule has 0 aliphatic carbocycles. The summed E-state index contributed by atoms with van der Waals surface area (Å²) in [5.41, 5.74) is -3.58. The molecule has 34 heavy (non-hydrogen) atoms. The van der Waals surface area contributed by atoms with Gasteiger partial charge in [0.15, 0.2) is 11.0 Å². The van der Waals surface area contributed by atoms with Crippen LogP contribution < -0.4 is 5.32 Å². The molecule has 0 unspecified atom stereocenters. The fourth-order valence-electron chi connectivity index (χ4n) is 3.31. The van der Waals surface area contributed by atoms with Gasteiger partial charge in [-0.25, -0.2) is 0 Å². The molecular formula is C21H27F6N5OS. The van der Waals surface area contributed by atoms with Crippen molar-refractivity contribution in [1.82, 2.24) is 19.7 Å². The molecule has 0 radical (unpaired) electrons. The van der Waals surface area contributed by atoms with Crippen molar-refractivity contribution in [2.75, 3.05) is 25.2 Å². The Hall–Kier alpha value is -2.28. The van der Waals surface area contributed by atoms with Gasteiger partial charge in [-0.15, -0.1) is 10.2 Å². The number of hydrogen-bond donors (Lipinski definition) is 1. The van der Waals surface area contributed by atoms with E-state index in [-0.39, 0.29) is 17.9 Å². The summed E-state index contributed by atoms with van der Waals surface area (Å²) in [7, 11) is 3.83. The standard InChI is InChI=1S/C21H27F6N5OS/c1-5-7-8-32-18(16(6-2)31(3)4)29-30-19(32)34-12-17(33)28-15-10-13(20(22,23)24)9-14(11-15)21(25,26)27/h9-11,16H,5-8,12H2,1-4H3,(H,28,33)/t16-/m0/s1. The monoisotopic (exact) mass is 511 g/mol. The van der Waals surface area contributed by atoms with Crippen molar-refractivity contribution in [1.29, 1.82) is 0 Å². The second-order valence-electron chi connectivity index (χ2n) is 7.87. The molecule has 2 aromatic rings. The number of alkyl halides is 6. The van der Waals surface area contributed by atoms with E-state index in [1.807, 2.05) is 37.4 Å². The minimum absolute atomic E-state index is 0.00145. The Bertz CT molecular complexity index is 941. The zero-order valence-corrected chi connectivity index (χ0v) is 20.0. The molecule has 0 aliphatic heterocycles. The minimum atomic E-state index is -5.00. The fraction of sp³-hybridized carbons (Fsp3) is 0.571. The van der Waals surface area contributed by atoms with Crippen LogP contribution in [0.1, 0.15) is 56.1 Å². The molecule has 1 amide bonds. The lowest BCUT2D eigenvalue weighted by molar-refractivity contribution is -0.143. The number of carbonyl (C=O) groups excluding carboxylic acids is 1. The van der Waals surface area contributed by atoms with Crippen LogP contribution in [0, 0.1) is 0 Å². The van der Waals surface area contributed by atoms with E-state index in [0.717, 1.165) is 36.8 Å². The number of nitrogens with one attached hydrogen (secondary N) is 1. The summed E-state index contributed by atoms with van der Waals surface area (Å²) >= 11 is 1.02. The van der Waals surface area contributed by atoms with Crippen molar-refractivity contribution in [3.63, 3.8) is 0 Å². The maximum atomic E-state index is 13.0. The van der Waals surface area contributed by atoms with Gasteiger partial charge in [0, 0.05) is 12.2 Å². The highest BCUT2D eigenvalue weighted by Crippen LogP contribution is 2.37. The Kier molecular flexibility index (Phi) is 9.40. The van der Waals surface area contributed by atoms with Crippen LogP contribution in [-0.2, 0) is 23.7 Å². The lowest BCUT2D eigenvalue weighted by Crippen LogP contribution is -2.23. The Labute approximate surface area is 198 Å². The van der Waals surface area contributed by atoms with Crippen LogP contribution in [0.15, 0.2) is 23.4 Å². The van der Waals surface area contributed by atoms with Gasteiger partial charge in [0.1, 0.15) is 0 Å². The highest BCUT2D eigenvalue weighted by Gasteiger charge is 2.37. The smallest absolute Gasteiger partial charge is 0.325 e. The molecule has 1 N–H and O–H groups in total. The summed E-state index contributed by atoms with van der Waals surface area (Å²) in [6, 6.07) is 0.959. The molecule has 1 aromatic carbocycles. The van der Waals surface area contributed by atoms with Crippen molar-refractivity contribution < 1.29 is 31.1 Å². The van der Waals surface area contributed by atoms with Gasteiger partial charge < -0.3 is 9.88 Å².